The second-order valence-electron chi connectivity index (χ2n) is 3.17. The van der Waals surface area contributed by atoms with Crippen LogP contribution in [0.5, 0.6) is 5.88 Å². The van der Waals surface area contributed by atoms with Crippen LogP contribution in [0.1, 0.15) is 16.8 Å². The number of methoxy groups -OCH3 is 2. The van der Waals surface area contributed by atoms with Gasteiger partial charge in [0, 0.05) is 5.69 Å². The molecule has 0 aliphatic heterocycles. The third-order valence-electron chi connectivity index (χ3n) is 2.06. The summed E-state index contributed by atoms with van der Waals surface area (Å²) >= 11 is 0. The maximum atomic E-state index is 11.2. The molecule has 0 N–H and O–H groups in total. The van der Waals surface area contributed by atoms with Gasteiger partial charge < -0.3 is 9.47 Å². The summed E-state index contributed by atoms with van der Waals surface area (Å²) in [6.07, 6.45) is 0.0408. The number of ether oxygens (including phenoxy) is 2. The zero-order chi connectivity index (χ0) is 12.1. The maximum absolute atomic E-state index is 11.2. The largest absolute Gasteiger partial charge is 0.480 e. The molecule has 5 heteroatoms. The molecule has 0 atom stereocenters. The van der Waals surface area contributed by atoms with Crippen molar-refractivity contribution in [3.63, 3.8) is 0 Å². The molecule has 84 valence electrons. The number of esters is 1. The van der Waals surface area contributed by atoms with Crippen LogP contribution in [0, 0.1) is 18.3 Å². The van der Waals surface area contributed by atoms with Crippen molar-refractivity contribution in [2.45, 2.75) is 13.3 Å². The average molecular weight is 220 g/mol. The number of aryl methyl sites for hydroxylation is 1. The minimum atomic E-state index is -0.399. The Hall–Kier alpha value is -2.09. The Morgan fingerprint density at radius 1 is 1.56 bits per heavy atom. The van der Waals surface area contributed by atoms with Crippen molar-refractivity contribution < 1.29 is 14.3 Å². The van der Waals surface area contributed by atoms with Gasteiger partial charge in [-0.2, -0.15) is 5.26 Å². The van der Waals surface area contributed by atoms with Crippen LogP contribution in [0.4, 0.5) is 0 Å². The van der Waals surface area contributed by atoms with Gasteiger partial charge in [-0.25, -0.2) is 4.98 Å². The second kappa shape index (κ2) is 5.12. The van der Waals surface area contributed by atoms with E-state index >= 15 is 0 Å². The van der Waals surface area contributed by atoms with Crippen molar-refractivity contribution >= 4 is 5.97 Å². The normalized spacial score (nSPS) is 9.38. The van der Waals surface area contributed by atoms with E-state index in [9.17, 15) is 4.79 Å². The van der Waals surface area contributed by atoms with Gasteiger partial charge in [0.1, 0.15) is 11.6 Å². The molecule has 1 aromatic heterocycles. The summed E-state index contributed by atoms with van der Waals surface area (Å²) in [4.78, 5) is 15.2. The van der Waals surface area contributed by atoms with Crippen LogP contribution < -0.4 is 4.74 Å². The molecule has 0 saturated carbocycles. The zero-order valence-electron chi connectivity index (χ0n) is 9.40. The summed E-state index contributed by atoms with van der Waals surface area (Å²) in [7, 11) is 2.74. The van der Waals surface area contributed by atoms with Gasteiger partial charge in [-0.05, 0) is 18.6 Å². The Balaban J connectivity index is 3.21. The third-order valence-corrected chi connectivity index (χ3v) is 2.06. The molecule has 1 aromatic rings. The third kappa shape index (κ3) is 2.48. The number of hydrogen-bond acceptors (Lipinski definition) is 5. The van der Waals surface area contributed by atoms with Crippen molar-refractivity contribution in [1.29, 1.82) is 5.26 Å². The Kier molecular flexibility index (Phi) is 3.84. The quantitative estimate of drug-likeness (QED) is 0.710. The van der Waals surface area contributed by atoms with Crippen LogP contribution in [-0.4, -0.2) is 25.2 Å². The summed E-state index contributed by atoms with van der Waals surface area (Å²) in [6, 6.07) is 3.66. The first kappa shape index (κ1) is 12.0. The van der Waals surface area contributed by atoms with Crippen molar-refractivity contribution in [3.05, 3.63) is 22.9 Å². The van der Waals surface area contributed by atoms with E-state index in [1.807, 2.05) is 6.07 Å². The number of hydrogen-bond donors (Lipinski definition) is 0. The summed E-state index contributed by atoms with van der Waals surface area (Å²) in [5, 5.41) is 8.98. The molecule has 0 unspecified atom stereocenters. The van der Waals surface area contributed by atoms with Crippen molar-refractivity contribution in [3.8, 4) is 11.9 Å². The highest BCUT2D eigenvalue weighted by atomic mass is 16.5. The summed E-state index contributed by atoms with van der Waals surface area (Å²) in [6.45, 7) is 1.77. The van der Waals surface area contributed by atoms with Gasteiger partial charge >= 0.3 is 5.97 Å². The van der Waals surface area contributed by atoms with Crippen LogP contribution in [0.2, 0.25) is 0 Å². The molecule has 0 aromatic carbocycles. The highest BCUT2D eigenvalue weighted by Gasteiger charge is 2.14. The van der Waals surface area contributed by atoms with E-state index < -0.39 is 5.97 Å². The van der Waals surface area contributed by atoms with Gasteiger partial charge in [0.15, 0.2) is 0 Å². The van der Waals surface area contributed by atoms with Gasteiger partial charge in [-0.3, -0.25) is 4.79 Å². The fourth-order valence-electron chi connectivity index (χ4n) is 1.34. The first-order valence-electron chi connectivity index (χ1n) is 4.63. The molecule has 16 heavy (non-hydrogen) atoms. The van der Waals surface area contributed by atoms with Crippen LogP contribution >= 0.6 is 0 Å². The molecule has 0 fully saturated rings. The van der Waals surface area contributed by atoms with E-state index in [0.717, 1.165) is 0 Å². The molecule has 5 nitrogen and oxygen atoms in total. The standard InChI is InChI=1S/C11H12N2O3/c1-7-4-8(5-10(14)15-2)9(6-12)11(13-7)16-3/h4H,5H2,1-3H3. The van der Waals surface area contributed by atoms with Crippen LogP contribution in [0.25, 0.3) is 0 Å². The van der Waals surface area contributed by atoms with E-state index in [-0.39, 0.29) is 17.9 Å². The fourth-order valence-corrected chi connectivity index (χ4v) is 1.34. The number of nitriles is 1. The van der Waals surface area contributed by atoms with Crippen molar-refractivity contribution in [2.24, 2.45) is 0 Å². The molecular weight excluding hydrogens is 208 g/mol. The molecule has 0 radical (unpaired) electrons. The molecule has 0 bridgehead atoms. The van der Waals surface area contributed by atoms with E-state index in [2.05, 4.69) is 9.72 Å². The van der Waals surface area contributed by atoms with Gasteiger partial charge in [0.05, 0.1) is 20.6 Å². The van der Waals surface area contributed by atoms with E-state index in [4.69, 9.17) is 10.00 Å². The Morgan fingerprint density at radius 2 is 2.25 bits per heavy atom. The lowest BCUT2D eigenvalue weighted by Crippen LogP contribution is -2.08. The number of carbonyl (C=O) groups excluding carboxylic acids is 1. The molecule has 0 aliphatic carbocycles. The molecule has 1 rings (SSSR count). The second-order valence-corrected chi connectivity index (χ2v) is 3.17. The lowest BCUT2D eigenvalue weighted by Gasteiger charge is -2.08. The van der Waals surface area contributed by atoms with Crippen LogP contribution in [-0.2, 0) is 16.0 Å². The van der Waals surface area contributed by atoms with Gasteiger partial charge in [0.25, 0.3) is 0 Å². The molecule has 0 aliphatic rings. The number of carbonyl (C=O) groups is 1. The summed E-state index contributed by atoms with van der Waals surface area (Å²) in [5.74, 6) is -0.162. The Morgan fingerprint density at radius 3 is 2.75 bits per heavy atom. The van der Waals surface area contributed by atoms with Gasteiger partial charge in [-0.1, -0.05) is 0 Å². The highest BCUT2D eigenvalue weighted by molar-refractivity contribution is 5.73. The van der Waals surface area contributed by atoms with E-state index in [0.29, 0.717) is 11.3 Å². The van der Waals surface area contributed by atoms with Gasteiger partial charge in [-0.15, -0.1) is 0 Å². The predicted octanol–water partition coefficient (Wildman–Crippen LogP) is 0.986. The monoisotopic (exact) mass is 220 g/mol. The average Bonchev–Trinajstić information content (AvgIpc) is 2.28. The Labute approximate surface area is 93.6 Å². The smallest absolute Gasteiger partial charge is 0.310 e. The molecule has 0 amide bonds. The van der Waals surface area contributed by atoms with Crippen LogP contribution in [0.15, 0.2) is 6.07 Å². The van der Waals surface area contributed by atoms with E-state index in [1.54, 1.807) is 13.0 Å². The first-order valence-corrected chi connectivity index (χ1v) is 4.63. The minimum absolute atomic E-state index is 0.0408. The highest BCUT2D eigenvalue weighted by Crippen LogP contribution is 2.20. The zero-order valence-corrected chi connectivity index (χ0v) is 9.40. The van der Waals surface area contributed by atoms with Gasteiger partial charge in [0.2, 0.25) is 5.88 Å². The minimum Gasteiger partial charge on any atom is -0.480 e. The summed E-state index contributed by atoms with van der Waals surface area (Å²) < 4.78 is 9.54. The predicted molar refractivity (Wildman–Crippen MR) is 56.0 cm³/mol. The molecule has 1 heterocycles. The topological polar surface area (TPSA) is 72.2 Å². The lowest BCUT2D eigenvalue weighted by molar-refractivity contribution is -0.139. The lowest BCUT2D eigenvalue weighted by atomic mass is 10.1. The Bertz CT molecular complexity index is 449. The fraction of sp³-hybridized carbons (Fsp3) is 0.364. The van der Waals surface area contributed by atoms with Crippen molar-refractivity contribution in [1.82, 2.24) is 4.98 Å². The SMILES string of the molecule is COC(=O)Cc1cc(C)nc(OC)c1C#N. The summed E-state index contributed by atoms with van der Waals surface area (Å²) in [5.41, 5.74) is 1.53. The van der Waals surface area contributed by atoms with E-state index in [1.165, 1.54) is 14.2 Å². The molecule has 0 spiro atoms. The number of rotatable bonds is 3. The maximum Gasteiger partial charge on any atom is 0.310 e. The first-order chi connectivity index (χ1) is 7.62. The number of nitrogens with zero attached hydrogens (tertiary/aromatic N) is 2. The number of pyridine rings is 1. The van der Waals surface area contributed by atoms with Crippen molar-refractivity contribution in [2.75, 3.05) is 14.2 Å². The van der Waals surface area contributed by atoms with Crippen LogP contribution in [0.3, 0.4) is 0 Å². The molecule has 0 saturated heterocycles. The molecular formula is C11H12N2O3. The number of aromatic nitrogens is 1.